The molecule has 0 spiro atoms. The average Bonchev–Trinajstić information content (AvgIpc) is 3.18. The largest absolute Gasteiger partial charge is 0.361 e. The molecule has 24 heavy (non-hydrogen) atoms. The molecule has 0 bridgehead atoms. The van der Waals surface area contributed by atoms with Gasteiger partial charge in [-0.3, -0.25) is 4.79 Å². The molecule has 0 aliphatic carbocycles. The molecule has 124 valence electrons. The van der Waals surface area contributed by atoms with Crippen LogP contribution in [0.3, 0.4) is 0 Å². The number of hydrogen-bond acceptors (Lipinski definition) is 4. The van der Waals surface area contributed by atoms with Gasteiger partial charge in [0.15, 0.2) is 0 Å². The average molecular weight is 324 g/mol. The lowest BCUT2D eigenvalue weighted by Crippen LogP contribution is -2.15. The van der Waals surface area contributed by atoms with Crippen LogP contribution in [0, 0.1) is 13.8 Å². The highest BCUT2D eigenvalue weighted by atomic mass is 16.5. The van der Waals surface area contributed by atoms with Gasteiger partial charge >= 0.3 is 0 Å². The lowest BCUT2D eigenvalue weighted by atomic mass is 9.96. The van der Waals surface area contributed by atoms with Crippen molar-refractivity contribution in [3.8, 4) is 11.4 Å². The number of aryl methyl sites for hydroxylation is 2. The molecule has 3 rings (SSSR count). The molecule has 0 saturated heterocycles. The van der Waals surface area contributed by atoms with Crippen LogP contribution >= 0.6 is 0 Å². The Morgan fingerprint density at radius 3 is 2.79 bits per heavy atom. The molecule has 6 nitrogen and oxygen atoms in total. The maximum absolute atomic E-state index is 12.5. The lowest BCUT2D eigenvalue weighted by Gasteiger charge is -2.13. The Hall–Kier alpha value is -2.89. The van der Waals surface area contributed by atoms with Crippen LogP contribution in [0.4, 0.5) is 5.69 Å². The van der Waals surface area contributed by atoms with Crippen molar-refractivity contribution in [1.82, 2.24) is 15.1 Å². The maximum Gasteiger partial charge on any atom is 0.224 e. The fourth-order valence-corrected chi connectivity index (χ4v) is 2.99. The number of para-hydroxylation sites is 1. The summed E-state index contributed by atoms with van der Waals surface area (Å²) in [7, 11) is 0. The molecule has 2 N–H and O–H groups in total. The van der Waals surface area contributed by atoms with Gasteiger partial charge in [-0.25, -0.2) is 4.98 Å². The monoisotopic (exact) mass is 324 g/mol. The van der Waals surface area contributed by atoms with Gasteiger partial charge in [0.1, 0.15) is 11.6 Å². The second-order valence-corrected chi connectivity index (χ2v) is 5.87. The van der Waals surface area contributed by atoms with Crippen LogP contribution in [0.25, 0.3) is 11.4 Å². The molecule has 6 heteroatoms. The molecule has 2 heterocycles. The van der Waals surface area contributed by atoms with E-state index in [1.807, 2.05) is 45.0 Å². The summed E-state index contributed by atoms with van der Waals surface area (Å²) in [6.07, 6.45) is 3.80. The molecule has 0 aliphatic heterocycles. The Balaban J connectivity index is 1.74. The number of carbonyl (C=O) groups excluding carboxylic acids is 1. The molecule has 0 saturated carbocycles. The number of nitrogens with one attached hydrogen (secondary N) is 2. The van der Waals surface area contributed by atoms with Crippen LogP contribution < -0.4 is 5.32 Å². The number of aromatic nitrogens is 3. The first-order valence-electron chi connectivity index (χ1n) is 7.87. The van der Waals surface area contributed by atoms with Crippen molar-refractivity contribution >= 4 is 11.6 Å². The highest BCUT2D eigenvalue weighted by Crippen LogP contribution is 2.28. The van der Waals surface area contributed by atoms with Gasteiger partial charge in [-0.2, -0.15) is 0 Å². The van der Waals surface area contributed by atoms with Crippen molar-refractivity contribution in [2.24, 2.45) is 0 Å². The third-order valence-corrected chi connectivity index (χ3v) is 4.03. The summed E-state index contributed by atoms with van der Waals surface area (Å²) in [5.74, 6) is 1.47. The van der Waals surface area contributed by atoms with Crippen molar-refractivity contribution in [2.75, 3.05) is 5.32 Å². The molecule has 0 fully saturated rings. The smallest absolute Gasteiger partial charge is 0.224 e. The van der Waals surface area contributed by atoms with Gasteiger partial charge < -0.3 is 14.8 Å². The second kappa shape index (κ2) is 6.70. The minimum Gasteiger partial charge on any atom is -0.361 e. The predicted octanol–water partition coefficient (Wildman–Crippen LogP) is 3.81. The van der Waals surface area contributed by atoms with E-state index in [4.69, 9.17) is 4.52 Å². The van der Waals surface area contributed by atoms with Crippen LogP contribution in [0.15, 0.2) is 41.2 Å². The van der Waals surface area contributed by atoms with Crippen LogP contribution in [-0.2, 0) is 4.79 Å². The summed E-state index contributed by atoms with van der Waals surface area (Å²) < 4.78 is 5.19. The zero-order valence-electron chi connectivity index (χ0n) is 14.0. The topological polar surface area (TPSA) is 83.8 Å². The molecule has 1 atom stereocenters. The first-order valence-corrected chi connectivity index (χ1v) is 7.87. The van der Waals surface area contributed by atoms with E-state index in [0.29, 0.717) is 6.42 Å². The lowest BCUT2D eigenvalue weighted by molar-refractivity contribution is -0.116. The standard InChI is InChI=1S/C18H20N4O2/c1-11(17-12(2)22-24-13(17)3)10-16(23)21-15-7-5-4-6-14(15)18-19-8-9-20-18/h4-9,11H,10H2,1-3H3,(H,19,20)(H,21,23)/t11-/m0/s1. The van der Waals surface area contributed by atoms with Gasteiger partial charge in [0, 0.05) is 29.9 Å². The van der Waals surface area contributed by atoms with E-state index in [2.05, 4.69) is 20.4 Å². The molecule has 0 aliphatic rings. The molecular formula is C18H20N4O2. The summed E-state index contributed by atoms with van der Waals surface area (Å²) in [6.45, 7) is 5.77. The van der Waals surface area contributed by atoms with Crippen LogP contribution in [-0.4, -0.2) is 21.0 Å². The van der Waals surface area contributed by atoms with E-state index < -0.39 is 0 Å². The fourth-order valence-electron chi connectivity index (χ4n) is 2.99. The van der Waals surface area contributed by atoms with Crippen molar-refractivity contribution < 1.29 is 9.32 Å². The van der Waals surface area contributed by atoms with Gasteiger partial charge in [-0.05, 0) is 31.9 Å². The van der Waals surface area contributed by atoms with Crippen molar-refractivity contribution in [3.63, 3.8) is 0 Å². The van der Waals surface area contributed by atoms with Crippen LogP contribution in [0.2, 0.25) is 0 Å². The Morgan fingerprint density at radius 1 is 1.33 bits per heavy atom. The Bertz CT molecular complexity index is 817. The molecule has 1 aromatic carbocycles. The second-order valence-electron chi connectivity index (χ2n) is 5.87. The first-order chi connectivity index (χ1) is 11.6. The van der Waals surface area contributed by atoms with Gasteiger partial charge in [-0.15, -0.1) is 0 Å². The number of rotatable bonds is 5. The van der Waals surface area contributed by atoms with E-state index >= 15 is 0 Å². The summed E-state index contributed by atoms with van der Waals surface area (Å²) in [4.78, 5) is 19.8. The third kappa shape index (κ3) is 3.22. The molecule has 2 aromatic heterocycles. The van der Waals surface area contributed by atoms with E-state index in [1.165, 1.54) is 0 Å². The predicted molar refractivity (Wildman–Crippen MR) is 91.7 cm³/mol. The first kappa shape index (κ1) is 16.0. The Labute approximate surface area is 140 Å². The highest BCUT2D eigenvalue weighted by molar-refractivity contribution is 5.95. The zero-order chi connectivity index (χ0) is 17.1. The van der Waals surface area contributed by atoms with E-state index in [1.54, 1.807) is 12.4 Å². The normalized spacial score (nSPS) is 12.1. The van der Waals surface area contributed by atoms with Gasteiger partial charge in [0.25, 0.3) is 0 Å². The van der Waals surface area contributed by atoms with Gasteiger partial charge in [0.05, 0.1) is 11.4 Å². The van der Waals surface area contributed by atoms with Crippen molar-refractivity contribution in [2.45, 2.75) is 33.1 Å². The van der Waals surface area contributed by atoms with E-state index in [-0.39, 0.29) is 11.8 Å². The number of nitrogens with zero attached hydrogens (tertiary/aromatic N) is 2. The molecule has 0 radical (unpaired) electrons. The summed E-state index contributed by atoms with van der Waals surface area (Å²) in [6, 6.07) is 7.60. The number of carbonyl (C=O) groups is 1. The minimum atomic E-state index is -0.0542. The zero-order valence-corrected chi connectivity index (χ0v) is 14.0. The van der Waals surface area contributed by atoms with Crippen LogP contribution in [0.5, 0.6) is 0 Å². The minimum absolute atomic E-state index is 0.0343. The van der Waals surface area contributed by atoms with E-state index in [9.17, 15) is 4.79 Å². The number of benzene rings is 1. The molecular weight excluding hydrogens is 304 g/mol. The molecule has 1 amide bonds. The summed E-state index contributed by atoms with van der Waals surface area (Å²) in [5, 5.41) is 6.94. The number of aromatic amines is 1. The van der Waals surface area contributed by atoms with Crippen molar-refractivity contribution in [1.29, 1.82) is 0 Å². The van der Waals surface area contributed by atoms with E-state index in [0.717, 1.165) is 34.1 Å². The van der Waals surface area contributed by atoms with Crippen LogP contribution in [0.1, 0.15) is 36.3 Å². The van der Waals surface area contributed by atoms with Gasteiger partial charge in [-0.1, -0.05) is 24.2 Å². The summed E-state index contributed by atoms with van der Waals surface area (Å²) in [5.41, 5.74) is 3.44. The number of imidazole rings is 1. The Morgan fingerprint density at radius 2 is 2.12 bits per heavy atom. The van der Waals surface area contributed by atoms with Gasteiger partial charge in [0.2, 0.25) is 5.91 Å². The molecule has 3 aromatic rings. The third-order valence-electron chi connectivity index (χ3n) is 4.03. The Kier molecular flexibility index (Phi) is 4.46. The summed E-state index contributed by atoms with van der Waals surface area (Å²) >= 11 is 0. The number of amides is 1. The SMILES string of the molecule is Cc1noc(C)c1[C@@H](C)CC(=O)Nc1ccccc1-c1ncc[nH]1. The maximum atomic E-state index is 12.5. The van der Waals surface area contributed by atoms with Crippen molar-refractivity contribution in [3.05, 3.63) is 53.7 Å². The molecule has 0 unspecified atom stereocenters. The number of H-pyrrole nitrogens is 1. The number of anilines is 1. The quantitative estimate of drug-likeness (QED) is 0.747. The number of hydrogen-bond donors (Lipinski definition) is 2. The highest BCUT2D eigenvalue weighted by Gasteiger charge is 2.20. The fraction of sp³-hybridized carbons (Fsp3) is 0.278.